The van der Waals surface area contributed by atoms with Gasteiger partial charge in [0, 0.05) is 11.0 Å². The molecule has 0 aliphatic carbocycles. The minimum absolute atomic E-state index is 0.0953. The number of carbonyl (C=O) groups excluding carboxylic acids is 1. The van der Waals surface area contributed by atoms with E-state index in [0.717, 1.165) is 11.8 Å². The molecule has 3 rings (SSSR count). The summed E-state index contributed by atoms with van der Waals surface area (Å²) < 4.78 is 14.3. The van der Waals surface area contributed by atoms with E-state index in [2.05, 4.69) is 20.3 Å². The van der Waals surface area contributed by atoms with Gasteiger partial charge in [-0.2, -0.15) is 9.61 Å². The molecule has 0 atom stereocenters. The third-order valence-corrected chi connectivity index (χ3v) is 4.38. The summed E-state index contributed by atoms with van der Waals surface area (Å²) in [5.74, 6) is -0.245. The summed E-state index contributed by atoms with van der Waals surface area (Å²) in [5, 5.41) is 12.6. The predicted octanol–water partition coefficient (Wildman–Crippen LogP) is 2.22. The Morgan fingerprint density at radius 2 is 1.92 bits per heavy atom. The van der Waals surface area contributed by atoms with E-state index in [1.807, 2.05) is 20.8 Å². The SMILES string of the molecule is CC(C)(C)c1nn2c(SCC(=O)c3ccc(F)cc3)nnc2[nH]c1=O. The maximum absolute atomic E-state index is 12.9. The molecule has 130 valence electrons. The van der Waals surface area contributed by atoms with Crippen molar-refractivity contribution in [3.8, 4) is 0 Å². The van der Waals surface area contributed by atoms with Crippen molar-refractivity contribution in [2.75, 3.05) is 5.75 Å². The van der Waals surface area contributed by atoms with Gasteiger partial charge in [0.15, 0.2) is 5.78 Å². The van der Waals surface area contributed by atoms with Crippen LogP contribution in [0.15, 0.2) is 34.2 Å². The van der Waals surface area contributed by atoms with E-state index >= 15 is 0 Å². The Bertz CT molecular complexity index is 988. The van der Waals surface area contributed by atoms with Crippen LogP contribution in [-0.4, -0.2) is 36.3 Å². The molecule has 0 bridgehead atoms. The molecule has 0 unspecified atom stereocenters. The summed E-state index contributed by atoms with van der Waals surface area (Å²) in [6.07, 6.45) is 0. The third-order valence-electron chi connectivity index (χ3n) is 3.46. The number of ketones is 1. The van der Waals surface area contributed by atoms with Crippen LogP contribution in [0, 0.1) is 5.82 Å². The van der Waals surface area contributed by atoms with Gasteiger partial charge in [-0.05, 0) is 24.3 Å². The van der Waals surface area contributed by atoms with Crippen LogP contribution in [0.1, 0.15) is 36.8 Å². The molecule has 0 aliphatic heterocycles. The summed E-state index contributed by atoms with van der Waals surface area (Å²) in [6.45, 7) is 5.64. The van der Waals surface area contributed by atoms with Crippen LogP contribution in [0.2, 0.25) is 0 Å². The summed E-state index contributed by atoms with van der Waals surface area (Å²) in [4.78, 5) is 26.9. The molecule has 0 saturated heterocycles. The van der Waals surface area contributed by atoms with Gasteiger partial charge in [-0.15, -0.1) is 10.2 Å². The van der Waals surface area contributed by atoms with Crippen LogP contribution >= 0.6 is 11.8 Å². The first-order valence-electron chi connectivity index (χ1n) is 7.53. The number of hydrogen-bond donors (Lipinski definition) is 1. The highest BCUT2D eigenvalue weighted by Crippen LogP contribution is 2.19. The molecule has 1 N–H and O–H groups in total. The molecule has 3 aromatic rings. The van der Waals surface area contributed by atoms with Crippen molar-refractivity contribution in [3.05, 3.63) is 51.7 Å². The minimum atomic E-state index is -0.447. The highest BCUT2D eigenvalue weighted by atomic mass is 32.2. The molecular weight excluding hydrogens is 345 g/mol. The van der Waals surface area contributed by atoms with Crippen LogP contribution in [0.4, 0.5) is 4.39 Å². The van der Waals surface area contributed by atoms with E-state index in [9.17, 15) is 14.0 Å². The van der Waals surface area contributed by atoms with E-state index in [4.69, 9.17) is 0 Å². The van der Waals surface area contributed by atoms with E-state index in [0.29, 0.717) is 16.4 Å². The first-order chi connectivity index (χ1) is 11.8. The lowest BCUT2D eigenvalue weighted by Crippen LogP contribution is -2.28. The molecule has 1 aromatic carbocycles. The summed E-state index contributed by atoms with van der Waals surface area (Å²) in [5.41, 5.74) is 0.00933. The Morgan fingerprint density at radius 1 is 1.24 bits per heavy atom. The molecule has 7 nitrogen and oxygen atoms in total. The molecule has 0 amide bonds. The summed E-state index contributed by atoms with van der Waals surface area (Å²) >= 11 is 1.15. The number of nitrogens with one attached hydrogen (secondary N) is 1. The average molecular weight is 361 g/mol. The molecule has 2 heterocycles. The van der Waals surface area contributed by atoms with Crippen LogP contribution in [0.5, 0.6) is 0 Å². The fraction of sp³-hybridized carbons (Fsp3) is 0.312. The number of rotatable bonds is 4. The van der Waals surface area contributed by atoms with Gasteiger partial charge in [-0.1, -0.05) is 32.5 Å². The number of benzene rings is 1. The lowest BCUT2D eigenvalue weighted by atomic mass is 9.93. The number of aromatic nitrogens is 5. The van der Waals surface area contributed by atoms with Crippen molar-refractivity contribution in [2.24, 2.45) is 0 Å². The van der Waals surface area contributed by atoms with Crippen LogP contribution in [0.3, 0.4) is 0 Å². The number of H-pyrrole nitrogens is 1. The van der Waals surface area contributed by atoms with Gasteiger partial charge >= 0.3 is 0 Å². The maximum atomic E-state index is 12.9. The zero-order valence-electron chi connectivity index (χ0n) is 13.9. The second-order valence-electron chi connectivity index (χ2n) is 6.49. The number of halogens is 1. The van der Waals surface area contributed by atoms with Crippen molar-refractivity contribution < 1.29 is 9.18 Å². The minimum Gasteiger partial charge on any atom is -0.293 e. The number of aromatic amines is 1. The Morgan fingerprint density at radius 3 is 2.56 bits per heavy atom. The standard InChI is InChI=1S/C16H16FN5O2S/c1-16(2,3)12-13(24)18-14-19-20-15(22(14)21-12)25-8-11(23)9-4-6-10(17)7-5-9/h4-7H,8H2,1-3H3,(H,18,19,24). The molecular formula is C16H16FN5O2S. The van der Waals surface area contributed by atoms with Crippen LogP contribution < -0.4 is 5.56 Å². The monoisotopic (exact) mass is 361 g/mol. The molecule has 9 heteroatoms. The average Bonchev–Trinajstić information content (AvgIpc) is 2.93. The molecule has 0 spiro atoms. The van der Waals surface area contributed by atoms with Gasteiger partial charge in [0.25, 0.3) is 11.3 Å². The molecule has 0 radical (unpaired) electrons. The second-order valence-corrected chi connectivity index (χ2v) is 7.43. The van der Waals surface area contributed by atoms with Gasteiger partial charge in [0.05, 0.1) is 5.75 Å². The third kappa shape index (κ3) is 3.60. The highest BCUT2D eigenvalue weighted by molar-refractivity contribution is 7.99. The topological polar surface area (TPSA) is 93.0 Å². The molecule has 25 heavy (non-hydrogen) atoms. The zero-order chi connectivity index (χ0) is 18.2. The number of hydrogen-bond acceptors (Lipinski definition) is 6. The van der Waals surface area contributed by atoms with E-state index in [1.54, 1.807) is 0 Å². The fourth-order valence-corrected chi connectivity index (χ4v) is 2.94. The normalized spacial score (nSPS) is 11.8. The van der Waals surface area contributed by atoms with Crippen LogP contribution in [0.25, 0.3) is 5.78 Å². The lowest BCUT2D eigenvalue weighted by Gasteiger charge is -2.15. The Balaban J connectivity index is 1.85. The van der Waals surface area contributed by atoms with Crippen molar-refractivity contribution in [1.82, 2.24) is 24.8 Å². The Labute approximate surface area is 146 Å². The van der Waals surface area contributed by atoms with Gasteiger partial charge in [0.1, 0.15) is 11.5 Å². The Kier molecular flexibility index (Phi) is 4.42. The quantitative estimate of drug-likeness (QED) is 0.566. The van der Waals surface area contributed by atoms with Crippen molar-refractivity contribution in [1.29, 1.82) is 0 Å². The van der Waals surface area contributed by atoms with Gasteiger partial charge < -0.3 is 0 Å². The molecule has 0 saturated carbocycles. The fourth-order valence-electron chi connectivity index (χ4n) is 2.17. The maximum Gasteiger partial charge on any atom is 0.274 e. The second kappa shape index (κ2) is 6.40. The number of carbonyl (C=O) groups is 1. The van der Waals surface area contributed by atoms with Crippen molar-refractivity contribution in [2.45, 2.75) is 31.3 Å². The predicted molar refractivity (Wildman–Crippen MR) is 91.6 cm³/mol. The number of Topliss-reactive ketones (excluding diaryl/α,β-unsaturated/α-hetero) is 1. The smallest absolute Gasteiger partial charge is 0.274 e. The van der Waals surface area contributed by atoms with Crippen molar-refractivity contribution in [3.63, 3.8) is 0 Å². The van der Waals surface area contributed by atoms with E-state index in [1.165, 1.54) is 28.8 Å². The Hall–Kier alpha value is -2.55. The molecule has 0 fully saturated rings. The first-order valence-corrected chi connectivity index (χ1v) is 8.52. The van der Waals surface area contributed by atoms with Crippen molar-refractivity contribution >= 4 is 23.3 Å². The number of nitrogens with zero attached hydrogens (tertiary/aromatic N) is 4. The van der Waals surface area contributed by atoms with Gasteiger partial charge in [0.2, 0.25) is 5.16 Å². The van der Waals surface area contributed by atoms with Gasteiger partial charge in [-0.25, -0.2) is 4.39 Å². The molecule has 0 aliphatic rings. The van der Waals surface area contributed by atoms with Gasteiger partial charge in [-0.3, -0.25) is 14.6 Å². The zero-order valence-corrected chi connectivity index (χ0v) is 14.7. The molecule has 2 aromatic heterocycles. The van der Waals surface area contributed by atoms with E-state index < -0.39 is 11.2 Å². The van der Waals surface area contributed by atoms with Crippen LogP contribution in [-0.2, 0) is 5.41 Å². The highest BCUT2D eigenvalue weighted by Gasteiger charge is 2.22. The lowest BCUT2D eigenvalue weighted by molar-refractivity contribution is 0.102. The number of thioether (sulfide) groups is 1. The summed E-state index contributed by atoms with van der Waals surface area (Å²) in [6, 6.07) is 5.36. The summed E-state index contributed by atoms with van der Waals surface area (Å²) in [7, 11) is 0. The first kappa shape index (κ1) is 17.3. The van der Waals surface area contributed by atoms with E-state index in [-0.39, 0.29) is 22.9 Å². The largest absolute Gasteiger partial charge is 0.293 e. The number of fused-ring (bicyclic) bond motifs is 1.